The molecule has 2 N–H and O–H groups in total. The molecule has 1 heterocycles. The highest BCUT2D eigenvalue weighted by molar-refractivity contribution is 9.10. The lowest BCUT2D eigenvalue weighted by atomic mass is 10.1. The van der Waals surface area contributed by atoms with Crippen molar-refractivity contribution in [2.75, 3.05) is 5.32 Å². The molecule has 3 rings (SSSR count). The Morgan fingerprint density at radius 2 is 2.04 bits per heavy atom. The van der Waals surface area contributed by atoms with E-state index in [0.29, 0.717) is 23.8 Å². The van der Waals surface area contributed by atoms with E-state index >= 15 is 0 Å². The van der Waals surface area contributed by atoms with Crippen LogP contribution in [0.3, 0.4) is 0 Å². The van der Waals surface area contributed by atoms with Crippen molar-refractivity contribution < 1.29 is 4.79 Å². The molecule has 6 nitrogen and oxygen atoms in total. The summed E-state index contributed by atoms with van der Waals surface area (Å²) in [6.07, 6.45) is 0.715. The monoisotopic (exact) mass is 446 g/mol. The Hall–Kier alpha value is -2.32. The van der Waals surface area contributed by atoms with E-state index in [-0.39, 0.29) is 11.6 Å². The molecule has 1 aromatic heterocycles. The van der Waals surface area contributed by atoms with Crippen LogP contribution in [0, 0.1) is 0 Å². The minimum atomic E-state index is -0.408. The number of hydrogen-bond acceptors (Lipinski definition) is 4. The number of anilines is 1. The molecule has 0 saturated heterocycles. The van der Waals surface area contributed by atoms with Crippen LogP contribution in [0.5, 0.6) is 0 Å². The topological polar surface area (TPSA) is 79.8 Å². The fourth-order valence-corrected chi connectivity index (χ4v) is 3.78. The van der Waals surface area contributed by atoms with Crippen LogP contribution >= 0.6 is 27.7 Å². The first kappa shape index (κ1) is 19.4. The molecule has 0 spiro atoms. The number of hydrogen-bond donors (Lipinski definition) is 2. The Balaban J connectivity index is 1.64. The zero-order valence-electron chi connectivity index (χ0n) is 14.7. The molecule has 27 heavy (non-hydrogen) atoms. The molecule has 2 aromatic carbocycles. The summed E-state index contributed by atoms with van der Waals surface area (Å²) in [5.74, 6) is -0.150. The second-order valence-corrected chi connectivity index (χ2v) is 8.18. The number of carbonyl (C=O) groups is 1. The normalized spacial score (nSPS) is 11.9. The van der Waals surface area contributed by atoms with E-state index in [4.69, 9.17) is 0 Å². The van der Waals surface area contributed by atoms with Gasteiger partial charge < -0.3 is 5.32 Å². The second kappa shape index (κ2) is 9.05. The van der Waals surface area contributed by atoms with Gasteiger partial charge in [0.1, 0.15) is 0 Å². The van der Waals surface area contributed by atoms with E-state index < -0.39 is 5.25 Å². The van der Waals surface area contributed by atoms with Crippen LogP contribution in [0.2, 0.25) is 0 Å². The maximum atomic E-state index is 12.5. The molecule has 0 aliphatic carbocycles. The molecule has 1 amide bonds. The van der Waals surface area contributed by atoms with Crippen LogP contribution in [0.15, 0.2) is 69.0 Å². The number of thioether (sulfide) groups is 1. The van der Waals surface area contributed by atoms with Crippen molar-refractivity contribution in [3.8, 4) is 0 Å². The zero-order valence-corrected chi connectivity index (χ0v) is 17.1. The quantitative estimate of drug-likeness (QED) is 0.542. The molecule has 0 aliphatic heterocycles. The standard InChI is InChI=1S/C19H19BrN4O2S/c1-13(17(25)21-16-9-5-8-15(20)12-16)27-19-23-22-18(26)24(19)11-10-14-6-3-2-4-7-14/h2-9,12-13H,10-11H2,1H3,(H,21,25)(H,22,26). The zero-order chi connectivity index (χ0) is 19.2. The van der Waals surface area contributed by atoms with Crippen LogP contribution in [0.1, 0.15) is 12.5 Å². The van der Waals surface area contributed by atoms with Crippen molar-refractivity contribution in [1.82, 2.24) is 14.8 Å². The van der Waals surface area contributed by atoms with Crippen molar-refractivity contribution in [3.05, 3.63) is 75.1 Å². The first-order chi connectivity index (χ1) is 13.0. The molecule has 0 radical (unpaired) electrons. The lowest BCUT2D eigenvalue weighted by Gasteiger charge is -2.12. The van der Waals surface area contributed by atoms with Crippen LogP contribution in [-0.4, -0.2) is 25.9 Å². The van der Waals surface area contributed by atoms with E-state index in [1.165, 1.54) is 11.8 Å². The maximum absolute atomic E-state index is 12.5. The SMILES string of the molecule is CC(Sc1n[nH]c(=O)n1CCc1ccccc1)C(=O)Nc1cccc(Br)c1. The molecule has 1 unspecified atom stereocenters. The number of rotatable bonds is 7. The third-order valence-corrected chi connectivity index (χ3v) is 5.52. The van der Waals surface area contributed by atoms with Gasteiger partial charge >= 0.3 is 5.69 Å². The summed E-state index contributed by atoms with van der Waals surface area (Å²) < 4.78 is 2.46. The first-order valence-electron chi connectivity index (χ1n) is 8.45. The number of H-pyrrole nitrogens is 1. The Kier molecular flexibility index (Phi) is 6.52. The highest BCUT2D eigenvalue weighted by Gasteiger charge is 2.19. The van der Waals surface area contributed by atoms with Gasteiger partial charge in [-0.3, -0.25) is 9.36 Å². The van der Waals surface area contributed by atoms with Crippen molar-refractivity contribution in [1.29, 1.82) is 0 Å². The van der Waals surface area contributed by atoms with E-state index in [0.717, 1.165) is 10.0 Å². The number of halogens is 1. The van der Waals surface area contributed by atoms with Gasteiger partial charge in [0.15, 0.2) is 5.16 Å². The van der Waals surface area contributed by atoms with Crippen LogP contribution in [-0.2, 0) is 17.8 Å². The van der Waals surface area contributed by atoms with Gasteiger partial charge in [-0.1, -0.05) is 64.1 Å². The number of aromatic amines is 1. The summed E-state index contributed by atoms with van der Waals surface area (Å²) in [5.41, 5.74) is 1.58. The van der Waals surface area contributed by atoms with Gasteiger partial charge in [-0.05, 0) is 37.1 Å². The van der Waals surface area contributed by atoms with E-state index in [9.17, 15) is 9.59 Å². The molecule has 0 fully saturated rings. The Morgan fingerprint density at radius 3 is 2.78 bits per heavy atom. The molecular formula is C19H19BrN4O2S. The minimum Gasteiger partial charge on any atom is -0.325 e. The van der Waals surface area contributed by atoms with Crippen LogP contribution in [0.25, 0.3) is 0 Å². The third kappa shape index (κ3) is 5.33. The number of nitrogens with one attached hydrogen (secondary N) is 2. The number of aromatic nitrogens is 3. The second-order valence-electron chi connectivity index (χ2n) is 5.96. The molecule has 3 aromatic rings. The number of aryl methyl sites for hydroxylation is 1. The molecule has 0 aliphatic rings. The Labute approximate surface area is 169 Å². The fraction of sp³-hybridized carbons (Fsp3) is 0.211. The van der Waals surface area contributed by atoms with Crippen molar-refractivity contribution in [2.24, 2.45) is 0 Å². The summed E-state index contributed by atoms with van der Waals surface area (Å²) in [7, 11) is 0. The van der Waals surface area contributed by atoms with Gasteiger partial charge in [0, 0.05) is 16.7 Å². The predicted octanol–water partition coefficient (Wildman–Crippen LogP) is 3.70. The summed E-state index contributed by atoms with van der Waals surface area (Å²) in [4.78, 5) is 24.5. The number of benzene rings is 2. The van der Waals surface area contributed by atoms with Crippen molar-refractivity contribution >= 4 is 39.3 Å². The molecule has 1 atom stereocenters. The average Bonchev–Trinajstić information content (AvgIpc) is 3.00. The van der Waals surface area contributed by atoms with E-state index in [2.05, 4.69) is 31.4 Å². The summed E-state index contributed by atoms with van der Waals surface area (Å²) in [5, 5.41) is 9.52. The fourth-order valence-electron chi connectivity index (χ4n) is 2.50. The Bertz CT molecular complexity index is 971. The molecule has 8 heteroatoms. The van der Waals surface area contributed by atoms with E-state index in [1.807, 2.05) is 54.6 Å². The average molecular weight is 447 g/mol. The molecular weight excluding hydrogens is 428 g/mol. The maximum Gasteiger partial charge on any atom is 0.343 e. The van der Waals surface area contributed by atoms with Gasteiger partial charge in [0.2, 0.25) is 5.91 Å². The number of nitrogens with zero attached hydrogens (tertiary/aromatic N) is 2. The Morgan fingerprint density at radius 1 is 1.26 bits per heavy atom. The molecule has 0 bridgehead atoms. The van der Waals surface area contributed by atoms with Crippen molar-refractivity contribution in [3.63, 3.8) is 0 Å². The minimum absolute atomic E-state index is 0.150. The number of amides is 1. The van der Waals surface area contributed by atoms with Gasteiger partial charge in [-0.25, -0.2) is 9.89 Å². The molecule has 0 saturated carbocycles. The van der Waals surface area contributed by atoms with Gasteiger partial charge in [0.25, 0.3) is 0 Å². The van der Waals surface area contributed by atoms with Gasteiger partial charge in [0.05, 0.1) is 5.25 Å². The van der Waals surface area contributed by atoms with Gasteiger partial charge in [-0.2, -0.15) is 0 Å². The van der Waals surface area contributed by atoms with E-state index in [1.54, 1.807) is 11.5 Å². The van der Waals surface area contributed by atoms with Gasteiger partial charge in [-0.15, -0.1) is 5.10 Å². The highest BCUT2D eigenvalue weighted by atomic mass is 79.9. The summed E-state index contributed by atoms with van der Waals surface area (Å²) >= 11 is 4.64. The summed E-state index contributed by atoms with van der Waals surface area (Å²) in [6, 6.07) is 17.3. The largest absolute Gasteiger partial charge is 0.343 e. The molecule has 140 valence electrons. The smallest absolute Gasteiger partial charge is 0.325 e. The van der Waals surface area contributed by atoms with Crippen LogP contribution in [0.4, 0.5) is 5.69 Å². The van der Waals surface area contributed by atoms with Crippen LogP contribution < -0.4 is 11.0 Å². The first-order valence-corrected chi connectivity index (χ1v) is 10.1. The summed E-state index contributed by atoms with van der Waals surface area (Å²) in [6.45, 7) is 2.29. The lowest BCUT2D eigenvalue weighted by molar-refractivity contribution is -0.115. The predicted molar refractivity (Wildman–Crippen MR) is 111 cm³/mol. The highest BCUT2D eigenvalue weighted by Crippen LogP contribution is 2.22. The number of carbonyl (C=O) groups excluding carboxylic acids is 1. The third-order valence-electron chi connectivity index (χ3n) is 3.93. The lowest BCUT2D eigenvalue weighted by Crippen LogP contribution is -2.24. The van der Waals surface area contributed by atoms with Crippen molar-refractivity contribution in [2.45, 2.75) is 30.3 Å².